The predicted molar refractivity (Wildman–Crippen MR) is 59.6 cm³/mol. The lowest BCUT2D eigenvalue weighted by molar-refractivity contribution is 0.827. The van der Waals surface area contributed by atoms with Gasteiger partial charge in [-0.05, 0) is 19.1 Å². The molecule has 0 aliphatic heterocycles. The third-order valence-corrected chi connectivity index (χ3v) is 2.39. The fourth-order valence-corrected chi connectivity index (χ4v) is 1.60. The summed E-state index contributed by atoms with van der Waals surface area (Å²) >= 11 is 6.05. The van der Waals surface area contributed by atoms with Crippen LogP contribution in [0.25, 0.3) is 0 Å². The molecule has 74 valence electrons. The molecule has 0 fully saturated rings. The van der Waals surface area contributed by atoms with Gasteiger partial charge >= 0.3 is 0 Å². The minimum absolute atomic E-state index is 0.527. The number of nitriles is 1. The molecule has 0 atom stereocenters. The summed E-state index contributed by atoms with van der Waals surface area (Å²) in [5, 5.41) is 9.26. The van der Waals surface area contributed by atoms with E-state index in [0.717, 1.165) is 23.8 Å². The van der Waals surface area contributed by atoms with E-state index in [4.69, 9.17) is 16.9 Å². The lowest BCUT2D eigenvalue weighted by Crippen LogP contribution is -2.23. The summed E-state index contributed by atoms with van der Waals surface area (Å²) in [5.74, 6) is 0. The molecule has 0 saturated heterocycles. The lowest BCUT2D eigenvalue weighted by Gasteiger charge is -2.22. The van der Waals surface area contributed by atoms with Crippen LogP contribution in [0.2, 0.25) is 5.02 Å². The molecule has 14 heavy (non-hydrogen) atoms. The van der Waals surface area contributed by atoms with Crippen LogP contribution in [0.3, 0.4) is 0 Å². The van der Waals surface area contributed by atoms with Crippen LogP contribution in [0, 0.1) is 11.3 Å². The van der Waals surface area contributed by atoms with Crippen molar-refractivity contribution in [1.82, 2.24) is 0 Å². The highest BCUT2D eigenvalue weighted by molar-refractivity contribution is 6.33. The molecule has 0 saturated carbocycles. The van der Waals surface area contributed by atoms with Crippen LogP contribution in [0.4, 0.5) is 5.69 Å². The number of nitrogens with zero attached hydrogens (tertiary/aromatic N) is 2. The molecular formula is C11H13ClN2. The smallest absolute Gasteiger partial charge is 0.0640 e. The van der Waals surface area contributed by atoms with E-state index in [-0.39, 0.29) is 0 Å². The average Bonchev–Trinajstić information content (AvgIpc) is 2.21. The molecule has 0 amide bonds. The van der Waals surface area contributed by atoms with E-state index < -0.39 is 0 Å². The summed E-state index contributed by atoms with van der Waals surface area (Å²) < 4.78 is 0. The zero-order valence-corrected chi connectivity index (χ0v) is 8.96. The van der Waals surface area contributed by atoms with Crippen LogP contribution in [0.15, 0.2) is 24.3 Å². The molecule has 1 aromatic rings. The van der Waals surface area contributed by atoms with Crippen molar-refractivity contribution in [3.8, 4) is 6.07 Å². The van der Waals surface area contributed by atoms with Crippen molar-refractivity contribution in [2.24, 2.45) is 0 Å². The molecule has 0 unspecified atom stereocenters. The van der Waals surface area contributed by atoms with E-state index in [1.165, 1.54) is 0 Å². The van der Waals surface area contributed by atoms with Crippen molar-refractivity contribution >= 4 is 17.3 Å². The van der Waals surface area contributed by atoms with Gasteiger partial charge in [0.05, 0.1) is 23.2 Å². The normalized spacial score (nSPS) is 9.50. The molecule has 1 aromatic carbocycles. The molecule has 0 bridgehead atoms. The van der Waals surface area contributed by atoms with Gasteiger partial charge in [-0.25, -0.2) is 0 Å². The number of rotatable bonds is 4. The molecule has 2 nitrogen and oxygen atoms in total. The summed E-state index contributed by atoms with van der Waals surface area (Å²) in [7, 11) is 0. The highest BCUT2D eigenvalue weighted by Crippen LogP contribution is 2.24. The van der Waals surface area contributed by atoms with Gasteiger partial charge in [0.2, 0.25) is 0 Å². The Morgan fingerprint density at radius 3 is 2.71 bits per heavy atom. The zero-order chi connectivity index (χ0) is 10.4. The molecule has 1 rings (SSSR count). The van der Waals surface area contributed by atoms with Gasteiger partial charge in [0.25, 0.3) is 0 Å². The first-order valence-corrected chi connectivity index (χ1v) is 5.03. The second-order valence-corrected chi connectivity index (χ2v) is 3.35. The van der Waals surface area contributed by atoms with E-state index in [1.54, 1.807) is 0 Å². The highest BCUT2D eigenvalue weighted by Gasteiger charge is 2.06. The van der Waals surface area contributed by atoms with E-state index in [2.05, 4.69) is 17.9 Å². The monoisotopic (exact) mass is 208 g/mol. The van der Waals surface area contributed by atoms with E-state index in [9.17, 15) is 0 Å². The van der Waals surface area contributed by atoms with Crippen molar-refractivity contribution in [2.45, 2.75) is 13.3 Å². The van der Waals surface area contributed by atoms with Crippen LogP contribution in [-0.2, 0) is 0 Å². The molecule has 0 radical (unpaired) electrons. The van der Waals surface area contributed by atoms with Crippen LogP contribution in [-0.4, -0.2) is 13.1 Å². The zero-order valence-electron chi connectivity index (χ0n) is 8.20. The number of hydrogen-bond acceptors (Lipinski definition) is 2. The maximum atomic E-state index is 8.52. The number of halogens is 1. The first kappa shape index (κ1) is 10.9. The fraction of sp³-hybridized carbons (Fsp3) is 0.364. The van der Waals surface area contributed by atoms with Gasteiger partial charge in [0, 0.05) is 13.1 Å². The first-order chi connectivity index (χ1) is 6.79. The molecule has 0 N–H and O–H groups in total. The highest BCUT2D eigenvalue weighted by atomic mass is 35.5. The number of anilines is 1. The Labute approximate surface area is 89.7 Å². The summed E-state index contributed by atoms with van der Waals surface area (Å²) in [6.07, 6.45) is 0.527. The lowest BCUT2D eigenvalue weighted by atomic mass is 10.2. The minimum Gasteiger partial charge on any atom is -0.370 e. The molecule has 0 aliphatic carbocycles. The molecule has 3 heteroatoms. The number of para-hydroxylation sites is 1. The number of benzene rings is 1. The van der Waals surface area contributed by atoms with E-state index in [1.807, 2.05) is 24.3 Å². The SMILES string of the molecule is CCN(CCC#N)c1ccccc1Cl. The van der Waals surface area contributed by atoms with Crippen LogP contribution in [0.1, 0.15) is 13.3 Å². The van der Waals surface area contributed by atoms with Crippen LogP contribution >= 0.6 is 11.6 Å². The maximum absolute atomic E-state index is 8.52. The summed E-state index contributed by atoms with van der Waals surface area (Å²) in [5.41, 5.74) is 1.01. The summed E-state index contributed by atoms with van der Waals surface area (Å²) in [6, 6.07) is 9.84. The summed E-state index contributed by atoms with van der Waals surface area (Å²) in [6.45, 7) is 3.66. The maximum Gasteiger partial charge on any atom is 0.0640 e. The third-order valence-electron chi connectivity index (χ3n) is 2.07. The Morgan fingerprint density at radius 1 is 1.43 bits per heavy atom. The van der Waals surface area contributed by atoms with Crippen molar-refractivity contribution in [2.75, 3.05) is 18.0 Å². The van der Waals surface area contributed by atoms with Gasteiger partial charge in [0.15, 0.2) is 0 Å². The predicted octanol–water partition coefficient (Wildman–Crippen LogP) is 3.08. The van der Waals surface area contributed by atoms with Gasteiger partial charge in [-0.3, -0.25) is 0 Å². The number of hydrogen-bond donors (Lipinski definition) is 0. The quantitative estimate of drug-likeness (QED) is 0.761. The third kappa shape index (κ3) is 2.65. The average molecular weight is 209 g/mol. The standard InChI is InChI=1S/C11H13ClN2/c1-2-14(9-5-8-13)11-7-4-3-6-10(11)12/h3-4,6-7H,2,5,9H2,1H3. The second kappa shape index (κ2) is 5.51. The van der Waals surface area contributed by atoms with Gasteiger partial charge < -0.3 is 4.90 Å². The van der Waals surface area contributed by atoms with Crippen molar-refractivity contribution in [3.05, 3.63) is 29.3 Å². The molecular weight excluding hydrogens is 196 g/mol. The van der Waals surface area contributed by atoms with Crippen molar-refractivity contribution in [3.63, 3.8) is 0 Å². The van der Waals surface area contributed by atoms with E-state index in [0.29, 0.717) is 6.42 Å². The molecule has 0 spiro atoms. The van der Waals surface area contributed by atoms with Gasteiger partial charge in [-0.1, -0.05) is 23.7 Å². The Hall–Kier alpha value is -1.20. The molecule has 0 aromatic heterocycles. The van der Waals surface area contributed by atoms with E-state index >= 15 is 0 Å². The Morgan fingerprint density at radius 2 is 2.14 bits per heavy atom. The van der Waals surface area contributed by atoms with Gasteiger partial charge in [-0.15, -0.1) is 0 Å². The van der Waals surface area contributed by atoms with Crippen molar-refractivity contribution < 1.29 is 0 Å². The summed E-state index contributed by atoms with van der Waals surface area (Å²) in [4.78, 5) is 2.10. The van der Waals surface area contributed by atoms with Crippen LogP contribution in [0.5, 0.6) is 0 Å². The van der Waals surface area contributed by atoms with Crippen LogP contribution < -0.4 is 4.90 Å². The molecule has 0 aliphatic rings. The Balaban J connectivity index is 2.79. The second-order valence-electron chi connectivity index (χ2n) is 2.94. The topological polar surface area (TPSA) is 27.0 Å². The molecule has 0 heterocycles. The van der Waals surface area contributed by atoms with Gasteiger partial charge in [-0.2, -0.15) is 5.26 Å². The Kier molecular flexibility index (Phi) is 4.28. The van der Waals surface area contributed by atoms with Gasteiger partial charge in [0.1, 0.15) is 0 Å². The minimum atomic E-state index is 0.527. The fourth-order valence-electron chi connectivity index (χ4n) is 1.34. The Bertz CT molecular complexity index is 330. The van der Waals surface area contributed by atoms with Crippen molar-refractivity contribution in [1.29, 1.82) is 5.26 Å². The first-order valence-electron chi connectivity index (χ1n) is 4.66. The largest absolute Gasteiger partial charge is 0.370 e.